The number of esters is 1. The zero-order valence-electron chi connectivity index (χ0n) is 12.9. The highest BCUT2D eigenvalue weighted by atomic mass is 35.5. The number of alkyl halides is 1. The van der Waals surface area contributed by atoms with Crippen LogP contribution in [0.15, 0.2) is 12.1 Å². The highest BCUT2D eigenvalue weighted by Crippen LogP contribution is 2.34. The molecule has 24 heavy (non-hydrogen) atoms. The predicted octanol–water partition coefficient (Wildman–Crippen LogP) is 2.83. The summed E-state index contributed by atoms with van der Waals surface area (Å²) in [6.45, 7) is -0.764. The topological polar surface area (TPSA) is 87.3 Å². The molecule has 6 nitrogen and oxygen atoms in total. The van der Waals surface area contributed by atoms with Crippen LogP contribution in [0.2, 0.25) is 5.02 Å². The van der Waals surface area contributed by atoms with E-state index in [0.29, 0.717) is 0 Å². The Hall–Kier alpha value is -2.48. The van der Waals surface area contributed by atoms with Gasteiger partial charge in [-0.2, -0.15) is 0 Å². The van der Waals surface area contributed by atoms with E-state index in [9.17, 15) is 13.6 Å². The van der Waals surface area contributed by atoms with E-state index in [1.165, 1.54) is 19.2 Å². The number of carbonyl (C=O) groups is 1. The van der Waals surface area contributed by atoms with Crippen LogP contribution in [-0.4, -0.2) is 36.8 Å². The fraction of sp³-hybridized carbons (Fsp3) is 0.267. The zero-order chi connectivity index (χ0) is 17.9. The van der Waals surface area contributed by atoms with Gasteiger partial charge in [-0.1, -0.05) is 11.6 Å². The van der Waals surface area contributed by atoms with E-state index >= 15 is 0 Å². The van der Waals surface area contributed by atoms with E-state index in [4.69, 9.17) is 22.1 Å². The number of aromatic nitrogens is 2. The number of hydrogen-bond donors (Lipinski definition) is 1. The molecule has 0 spiro atoms. The Bertz CT molecular complexity index is 787. The number of nitrogens with two attached hydrogens (primary N) is 1. The van der Waals surface area contributed by atoms with Gasteiger partial charge < -0.3 is 15.2 Å². The monoisotopic (exact) mass is 357 g/mol. The van der Waals surface area contributed by atoms with Crippen LogP contribution >= 0.6 is 11.6 Å². The van der Waals surface area contributed by atoms with Gasteiger partial charge in [-0.15, -0.1) is 0 Å². The Kier molecular flexibility index (Phi) is 5.50. The lowest BCUT2D eigenvalue weighted by Gasteiger charge is -2.12. The molecule has 1 aromatic carbocycles. The molecular weight excluding hydrogens is 344 g/mol. The van der Waals surface area contributed by atoms with Gasteiger partial charge in [-0.25, -0.2) is 19.2 Å². The zero-order valence-corrected chi connectivity index (χ0v) is 13.7. The molecule has 0 radical (unpaired) electrons. The standard InChI is InChI=1S/C15H14ClF2N3O3/c1-23-12-9(16)4-3-7(10(12)18)14-20-11(15(22)24-2)8(5-6-17)13(19)21-14/h3-4H,5-6H2,1-2H3,(H2,19,20,21). The van der Waals surface area contributed by atoms with Gasteiger partial charge in [0.1, 0.15) is 5.82 Å². The second kappa shape index (κ2) is 7.39. The van der Waals surface area contributed by atoms with Crippen molar-refractivity contribution in [2.24, 2.45) is 0 Å². The van der Waals surface area contributed by atoms with Crippen molar-refractivity contribution >= 4 is 23.4 Å². The second-order valence-electron chi connectivity index (χ2n) is 4.63. The van der Waals surface area contributed by atoms with Crippen LogP contribution in [0, 0.1) is 5.82 Å². The normalized spacial score (nSPS) is 10.5. The first-order valence-electron chi connectivity index (χ1n) is 6.77. The number of rotatable bonds is 5. The van der Waals surface area contributed by atoms with Crippen molar-refractivity contribution in [1.29, 1.82) is 0 Å². The number of halogens is 3. The van der Waals surface area contributed by atoms with Crippen LogP contribution in [0.5, 0.6) is 5.75 Å². The van der Waals surface area contributed by atoms with Crippen LogP contribution in [0.25, 0.3) is 11.4 Å². The molecule has 0 aliphatic rings. The van der Waals surface area contributed by atoms with Crippen molar-refractivity contribution < 1.29 is 23.0 Å². The van der Waals surface area contributed by atoms with Crippen molar-refractivity contribution in [3.8, 4) is 17.1 Å². The first-order chi connectivity index (χ1) is 11.4. The van der Waals surface area contributed by atoms with Gasteiger partial charge in [0.25, 0.3) is 0 Å². The number of ether oxygens (including phenoxy) is 2. The smallest absolute Gasteiger partial charge is 0.357 e. The van der Waals surface area contributed by atoms with Crippen LogP contribution in [0.1, 0.15) is 16.1 Å². The van der Waals surface area contributed by atoms with Crippen LogP contribution < -0.4 is 10.5 Å². The van der Waals surface area contributed by atoms with Crippen molar-refractivity contribution in [2.45, 2.75) is 6.42 Å². The molecule has 0 saturated heterocycles. The summed E-state index contributed by atoms with van der Waals surface area (Å²) in [6, 6.07) is 2.72. The summed E-state index contributed by atoms with van der Waals surface area (Å²) in [4.78, 5) is 19.8. The maximum atomic E-state index is 14.5. The Labute approximate surface area is 141 Å². The van der Waals surface area contributed by atoms with Crippen molar-refractivity contribution in [2.75, 3.05) is 26.6 Å². The first kappa shape index (κ1) is 17.9. The fourth-order valence-electron chi connectivity index (χ4n) is 2.12. The van der Waals surface area contributed by atoms with E-state index in [1.807, 2.05) is 0 Å². The Balaban J connectivity index is 2.68. The first-order valence-corrected chi connectivity index (χ1v) is 7.15. The molecule has 0 bridgehead atoms. The number of hydrogen-bond acceptors (Lipinski definition) is 6. The largest absolute Gasteiger partial charge is 0.492 e. The van der Waals surface area contributed by atoms with Crippen LogP contribution in [-0.2, 0) is 11.2 Å². The molecule has 1 aromatic heterocycles. The van der Waals surface area contributed by atoms with Gasteiger partial charge in [0.15, 0.2) is 23.1 Å². The lowest BCUT2D eigenvalue weighted by molar-refractivity contribution is 0.0592. The van der Waals surface area contributed by atoms with E-state index in [-0.39, 0.29) is 45.7 Å². The highest BCUT2D eigenvalue weighted by molar-refractivity contribution is 6.32. The van der Waals surface area contributed by atoms with Gasteiger partial charge in [-0.3, -0.25) is 4.39 Å². The molecule has 2 N–H and O–H groups in total. The molecule has 0 aliphatic heterocycles. The minimum Gasteiger partial charge on any atom is -0.492 e. The molecule has 0 aliphatic carbocycles. The third kappa shape index (κ3) is 3.23. The SMILES string of the molecule is COC(=O)c1nc(-c2ccc(Cl)c(OC)c2F)nc(N)c1CCF. The van der Waals surface area contributed by atoms with E-state index in [0.717, 1.165) is 7.11 Å². The lowest BCUT2D eigenvalue weighted by atomic mass is 10.1. The molecule has 2 aromatic rings. The van der Waals surface area contributed by atoms with Gasteiger partial charge >= 0.3 is 5.97 Å². The molecule has 1 heterocycles. The van der Waals surface area contributed by atoms with E-state index in [1.54, 1.807) is 0 Å². The number of methoxy groups -OCH3 is 2. The molecule has 2 rings (SSSR count). The summed E-state index contributed by atoms with van der Waals surface area (Å²) in [5, 5.41) is 0.0639. The number of carbonyl (C=O) groups excluding carboxylic acids is 1. The molecule has 0 fully saturated rings. The van der Waals surface area contributed by atoms with Crippen molar-refractivity contribution in [1.82, 2.24) is 9.97 Å². The van der Waals surface area contributed by atoms with Gasteiger partial charge in [-0.05, 0) is 12.1 Å². The van der Waals surface area contributed by atoms with Crippen LogP contribution in [0.3, 0.4) is 0 Å². The van der Waals surface area contributed by atoms with Gasteiger partial charge in [0.2, 0.25) is 0 Å². The third-order valence-corrected chi connectivity index (χ3v) is 3.55. The predicted molar refractivity (Wildman–Crippen MR) is 84.4 cm³/mol. The van der Waals surface area contributed by atoms with E-state index < -0.39 is 18.5 Å². The number of nitrogen functional groups attached to an aromatic ring is 1. The molecule has 0 amide bonds. The van der Waals surface area contributed by atoms with Crippen LogP contribution in [0.4, 0.5) is 14.6 Å². The molecular formula is C15H14ClF2N3O3. The number of nitrogens with zero attached hydrogens (tertiary/aromatic N) is 2. The highest BCUT2D eigenvalue weighted by Gasteiger charge is 2.23. The number of benzene rings is 1. The summed E-state index contributed by atoms with van der Waals surface area (Å²) in [7, 11) is 2.40. The summed E-state index contributed by atoms with van der Waals surface area (Å²) in [6.07, 6.45) is -0.164. The Morgan fingerprint density at radius 2 is 2.04 bits per heavy atom. The maximum absolute atomic E-state index is 14.5. The van der Waals surface area contributed by atoms with Gasteiger partial charge in [0.05, 0.1) is 31.5 Å². The molecule has 0 saturated carbocycles. The summed E-state index contributed by atoms with van der Waals surface area (Å²) < 4.78 is 36.7. The molecule has 0 unspecified atom stereocenters. The lowest BCUT2D eigenvalue weighted by Crippen LogP contribution is -2.14. The number of anilines is 1. The van der Waals surface area contributed by atoms with Crippen molar-refractivity contribution in [3.63, 3.8) is 0 Å². The molecule has 128 valence electrons. The van der Waals surface area contributed by atoms with Crippen molar-refractivity contribution in [3.05, 3.63) is 34.2 Å². The Morgan fingerprint density at radius 3 is 2.62 bits per heavy atom. The average Bonchev–Trinajstić information content (AvgIpc) is 2.56. The summed E-state index contributed by atoms with van der Waals surface area (Å²) in [5.41, 5.74) is 5.60. The Morgan fingerprint density at radius 1 is 1.33 bits per heavy atom. The minimum atomic E-state index is -0.824. The maximum Gasteiger partial charge on any atom is 0.357 e. The second-order valence-corrected chi connectivity index (χ2v) is 5.04. The quantitative estimate of drug-likeness (QED) is 0.828. The average molecular weight is 358 g/mol. The molecule has 9 heteroatoms. The molecule has 0 atom stereocenters. The minimum absolute atomic E-state index is 0.0639. The summed E-state index contributed by atoms with van der Waals surface area (Å²) in [5.74, 6) is -2.12. The fourth-order valence-corrected chi connectivity index (χ4v) is 2.34. The summed E-state index contributed by atoms with van der Waals surface area (Å²) >= 11 is 5.84. The van der Waals surface area contributed by atoms with Gasteiger partial charge in [0, 0.05) is 12.0 Å². The third-order valence-electron chi connectivity index (χ3n) is 3.26. The van der Waals surface area contributed by atoms with E-state index in [2.05, 4.69) is 14.7 Å².